The standard InChI is InChI=1S/C9H6BrNO3/c10-7-2-1-6-3-8(11(12)13)5-14-9(6)4-7/h1-4H,5H2. The summed E-state index contributed by atoms with van der Waals surface area (Å²) in [6.45, 7) is 0.0243. The summed E-state index contributed by atoms with van der Waals surface area (Å²) in [5.41, 5.74) is 0.825. The smallest absolute Gasteiger partial charge is 0.284 e. The van der Waals surface area contributed by atoms with Gasteiger partial charge in [-0.05, 0) is 18.2 Å². The summed E-state index contributed by atoms with van der Waals surface area (Å²) in [5, 5.41) is 10.5. The van der Waals surface area contributed by atoms with Crippen LogP contribution < -0.4 is 4.74 Å². The van der Waals surface area contributed by atoms with E-state index in [1.54, 1.807) is 12.1 Å². The van der Waals surface area contributed by atoms with Gasteiger partial charge in [-0.2, -0.15) is 0 Å². The van der Waals surface area contributed by atoms with Crippen molar-refractivity contribution < 1.29 is 9.66 Å². The molecule has 4 nitrogen and oxygen atoms in total. The zero-order valence-corrected chi connectivity index (χ0v) is 8.65. The van der Waals surface area contributed by atoms with Crippen LogP contribution >= 0.6 is 15.9 Å². The van der Waals surface area contributed by atoms with Gasteiger partial charge in [0.05, 0.1) is 4.92 Å². The Morgan fingerprint density at radius 3 is 3.00 bits per heavy atom. The van der Waals surface area contributed by atoms with E-state index in [9.17, 15) is 10.1 Å². The molecule has 0 fully saturated rings. The largest absolute Gasteiger partial charge is 0.482 e. The van der Waals surface area contributed by atoms with Crippen molar-refractivity contribution in [3.8, 4) is 5.75 Å². The van der Waals surface area contributed by atoms with E-state index >= 15 is 0 Å². The molecular weight excluding hydrogens is 250 g/mol. The summed E-state index contributed by atoms with van der Waals surface area (Å²) in [6, 6.07) is 5.40. The molecule has 1 aromatic carbocycles. The lowest BCUT2D eigenvalue weighted by atomic mass is 10.1. The van der Waals surface area contributed by atoms with Crippen LogP contribution in [0.15, 0.2) is 28.4 Å². The average molecular weight is 256 g/mol. The van der Waals surface area contributed by atoms with Gasteiger partial charge in [-0.1, -0.05) is 15.9 Å². The van der Waals surface area contributed by atoms with E-state index in [1.807, 2.05) is 6.07 Å². The van der Waals surface area contributed by atoms with Crippen molar-refractivity contribution >= 4 is 22.0 Å². The van der Waals surface area contributed by atoms with E-state index < -0.39 is 4.92 Å². The molecule has 0 bridgehead atoms. The fourth-order valence-electron chi connectivity index (χ4n) is 1.23. The van der Waals surface area contributed by atoms with Crippen molar-refractivity contribution in [1.29, 1.82) is 0 Å². The lowest BCUT2D eigenvalue weighted by molar-refractivity contribution is -0.427. The molecule has 72 valence electrons. The molecule has 0 radical (unpaired) electrons. The maximum atomic E-state index is 10.5. The van der Waals surface area contributed by atoms with Gasteiger partial charge in [0.1, 0.15) is 5.75 Å². The third kappa shape index (κ3) is 1.63. The number of nitro groups is 1. The number of nitrogens with zero attached hydrogens (tertiary/aromatic N) is 1. The lowest BCUT2D eigenvalue weighted by Crippen LogP contribution is -2.13. The monoisotopic (exact) mass is 255 g/mol. The first kappa shape index (κ1) is 9.21. The molecule has 0 aromatic heterocycles. The fourth-order valence-corrected chi connectivity index (χ4v) is 1.57. The van der Waals surface area contributed by atoms with Crippen LogP contribution in [0.5, 0.6) is 5.75 Å². The Kier molecular flexibility index (Phi) is 2.25. The minimum atomic E-state index is -0.426. The van der Waals surface area contributed by atoms with Crippen LogP contribution in [0.25, 0.3) is 6.08 Å². The molecular formula is C9H6BrNO3. The van der Waals surface area contributed by atoms with Crippen LogP contribution in [0.1, 0.15) is 5.56 Å². The topological polar surface area (TPSA) is 52.4 Å². The van der Waals surface area contributed by atoms with E-state index in [1.165, 1.54) is 6.08 Å². The maximum Gasteiger partial charge on any atom is 0.284 e. The van der Waals surface area contributed by atoms with Crippen molar-refractivity contribution in [1.82, 2.24) is 0 Å². The van der Waals surface area contributed by atoms with E-state index in [0.29, 0.717) is 5.75 Å². The number of benzene rings is 1. The molecule has 0 saturated carbocycles. The number of hydrogen-bond acceptors (Lipinski definition) is 3. The second-order valence-electron chi connectivity index (χ2n) is 2.86. The van der Waals surface area contributed by atoms with E-state index in [0.717, 1.165) is 10.0 Å². The Morgan fingerprint density at radius 1 is 1.50 bits per heavy atom. The Balaban J connectivity index is 2.45. The van der Waals surface area contributed by atoms with Gasteiger partial charge < -0.3 is 4.74 Å². The first-order valence-corrected chi connectivity index (χ1v) is 4.73. The molecule has 1 aromatic rings. The maximum absolute atomic E-state index is 10.5. The molecule has 1 aliphatic rings. The minimum absolute atomic E-state index is 0.0243. The molecule has 0 N–H and O–H groups in total. The van der Waals surface area contributed by atoms with Gasteiger partial charge in [-0.25, -0.2) is 0 Å². The fraction of sp³-hybridized carbons (Fsp3) is 0.111. The van der Waals surface area contributed by atoms with Gasteiger partial charge in [0.2, 0.25) is 0 Å². The molecule has 0 aliphatic carbocycles. The van der Waals surface area contributed by atoms with Gasteiger partial charge in [-0.15, -0.1) is 0 Å². The highest BCUT2D eigenvalue weighted by Crippen LogP contribution is 2.29. The first-order chi connectivity index (χ1) is 6.66. The van der Waals surface area contributed by atoms with E-state index in [-0.39, 0.29) is 12.3 Å². The van der Waals surface area contributed by atoms with Crippen LogP contribution in [0.3, 0.4) is 0 Å². The van der Waals surface area contributed by atoms with Crippen LogP contribution in [-0.4, -0.2) is 11.5 Å². The summed E-state index contributed by atoms with van der Waals surface area (Å²) in [5.74, 6) is 0.671. The second-order valence-corrected chi connectivity index (χ2v) is 3.78. The van der Waals surface area contributed by atoms with Crippen LogP contribution in [-0.2, 0) is 0 Å². The SMILES string of the molecule is O=[N+]([O-])C1=Cc2ccc(Br)cc2OC1. The summed E-state index contributed by atoms with van der Waals surface area (Å²) in [7, 11) is 0. The summed E-state index contributed by atoms with van der Waals surface area (Å²) in [6.07, 6.45) is 1.53. The molecule has 5 heteroatoms. The van der Waals surface area contributed by atoms with Gasteiger partial charge >= 0.3 is 0 Å². The zero-order valence-electron chi connectivity index (χ0n) is 7.07. The van der Waals surface area contributed by atoms with Gasteiger partial charge in [0.15, 0.2) is 6.61 Å². The normalized spacial score (nSPS) is 13.9. The Bertz CT molecular complexity index is 428. The lowest BCUT2D eigenvalue weighted by Gasteiger charge is -2.13. The molecule has 1 heterocycles. The quantitative estimate of drug-likeness (QED) is 0.572. The molecule has 0 atom stereocenters. The predicted molar refractivity (Wildman–Crippen MR) is 54.6 cm³/mol. The first-order valence-electron chi connectivity index (χ1n) is 3.94. The number of hydrogen-bond donors (Lipinski definition) is 0. The van der Waals surface area contributed by atoms with Crippen LogP contribution in [0.2, 0.25) is 0 Å². The Hall–Kier alpha value is -1.36. The van der Waals surface area contributed by atoms with Crippen molar-refractivity contribution in [2.24, 2.45) is 0 Å². The predicted octanol–water partition coefficient (Wildman–Crippen LogP) is 2.46. The van der Waals surface area contributed by atoms with Crippen molar-refractivity contribution in [3.63, 3.8) is 0 Å². The summed E-state index contributed by atoms with van der Waals surface area (Å²) < 4.78 is 6.14. The van der Waals surface area contributed by atoms with Gasteiger partial charge in [0, 0.05) is 16.1 Å². The third-order valence-electron chi connectivity index (χ3n) is 1.91. The molecule has 0 saturated heterocycles. The second kappa shape index (κ2) is 3.42. The average Bonchev–Trinajstić information content (AvgIpc) is 2.16. The molecule has 2 rings (SSSR count). The number of halogens is 1. The van der Waals surface area contributed by atoms with Crippen molar-refractivity contribution in [3.05, 3.63) is 44.0 Å². The third-order valence-corrected chi connectivity index (χ3v) is 2.40. The highest BCUT2D eigenvalue weighted by Gasteiger charge is 2.19. The highest BCUT2D eigenvalue weighted by atomic mass is 79.9. The number of rotatable bonds is 1. The summed E-state index contributed by atoms with van der Waals surface area (Å²) in [4.78, 5) is 10.1. The minimum Gasteiger partial charge on any atom is -0.482 e. The van der Waals surface area contributed by atoms with Gasteiger partial charge in [-0.3, -0.25) is 10.1 Å². The summed E-state index contributed by atoms with van der Waals surface area (Å²) >= 11 is 3.30. The van der Waals surface area contributed by atoms with Crippen LogP contribution in [0.4, 0.5) is 0 Å². The molecule has 1 aliphatic heterocycles. The van der Waals surface area contributed by atoms with Crippen LogP contribution in [0, 0.1) is 10.1 Å². The van der Waals surface area contributed by atoms with Crippen molar-refractivity contribution in [2.45, 2.75) is 0 Å². The van der Waals surface area contributed by atoms with E-state index in [4.69, 9.17) is 4.74 Å². The Morgan fingerprint density at radius 2 is 2.29 bits per heavy atom. The molecule has 14 heavy (non-hydrogen) atoms. The molecule has 0 amide bonds. The molecule has 0 spiro atoms. The Labute approximate surface area is 88.5 Å². The molecule has 0 unspecified atom stereocenters. The van der Waals surface area contributed by atoms with Crippen molar-refractivity contribution in [2.75, 3.05) is 6.61 Å². The van der Waals surface area contributed by atoms with Gasteiger partial charge in [0.25, 0.3) is 5.70 Å². The zero-order chi connectivity index (χ0) is 10.1. The van der Waals surface area contributed by atoms with E-state index in [2.05, 4.69) is 15.9 Å². The highest BCUT2D eigenvalue weighted by molar-refractivity contribution is 9.10. The number of fused-ring (bicyclic) bond motifs is 1. The number of ether oxygens (including phenoxy) is 1.